The molecule has 0 saturated heterocycles. The van der Waals surface area contributed by atoms with Gasteiger partial charge >= 0.3 is 0 Å². The first-order chi connectivity index (χ1) is 9.38. The Morgan fingerprint density at radius 3 is 2.75 bits per heavy atom. The number of thiol groups is 1. The van der Waals surface area contributed by atoms with Crippen LogP contribution >= 0.6 is 12.6 Å². The molecule has 0 aliphatic rings. The van der Waals surface area contributed by atoms with Gasteiger partial charge in [-0.05, 0) is 30.0 Å². The lowest BCUT2D eigenvalue weighted by Crippen LogP contribution is -2.27. The normalized spacial score (nSPS) is 11.6. The number of nitrogens with one attached hydrogen (secondary N) is 1. The quantitative estimate of drug-likeness (QED) is 0.846. The third-order valence-corrected chi connectivity index (χ3v) is 3.51. The maximum absolute atomic E-state index is 12.3. The van der Waals surface area contributed by atoms with Gasteiger partial charge in [0, 0.05) is 28.6 Å². The number of rotatable bonds is 3. The summed E-state index contributed by atoms with van der Waals surface area (Å²) in [6.07, 6.45) is 2.66. The Kier molecular flexibility index (Phi) is 4.33. The Hall–Kier alpha value is -1.55. The minimum atomic E-state index is -0.0550. The van der Waals surface area contributed by atoms with Crippen LogP contribution in [0.5, 0.6) is 0 Å². The van der Waals surface area contributed by atoms with Gasteiger partial charge in [0.1, 0.15) is 0 Å². The summed E-state index contributed by atoms with van der Waals surface area (Å²) in [7, 11) is 0. The van der Waals surface area contributed by atoms with Crippen molar-refractivity contribution in [1.29, 1.82) is 0 Å². The molecule has 0 saturated carbocycles. The van der Waals surface area contributed by atoms with Crippen molar-refractivity contribution >= 4 is 29.4 Å². The summed E-state index contributed by atoms with van der Waals surface area (Å²) < 4.78 is 0. The Morgan fingerprint density at radius 1 is 1.30 bits per heavy atom. The molecule has 0 atom stereocenters. The number of fused-ring (bicyclic) bond motifs is 1. The maximum atomic E-state index is 12.3. The van der Waals surface area contributed by atoms with Gasteiger partial charge in [-0.2, -0.15) is 0 Å². The van der Waals surface area contributed by atoms with E-state index in [1.807, 2.05) is 18.2 Å². The average Bonchev–Trinajstić information content (AvgIpc) is 2.38. The van der Waals surface area contributed by atoms with Gasteiger partial charge in [-0.15, -0.1) is 12.6 Å². The van der Waals surface area contributed by atoms with Gasteiger partial charge < -0.3 is 5.32 Å². The number of amides is 1. The Morgan fingerprint density at radius 2 is 2.05 bits per heavy atom. The predicted molar refractivity (Wildman–Crippen MR) is 85.4 cm³/mol. The van der Waals surface area contributed by atoms with Crippen LogP contribution in [0.2, 0.25) is 0 Å². The summed E-state index contributed by atoms with van der Waals surface area (Å²) in [5.74, 6) is -0.0550. The van der Waals surface area contributed by atoms with Gasteiger partial charge in [0.25, 0.3) is 5.91 Å². The van der Waals surface area contributed by atoms with E-state index in [-0.39, 0.29) is 11.3 Å². The van der Waals surface area contributed by atoms with Gasteiger partial charge in [0.2, 0.25) is 0 Å². The number of hydrogen-bond donors (Lipinski definition) is 2. The van der Waals surface area contributed by atoms with Crippen molar-refractivity contribution in [1.82, 2.24) is 10.3 Å². The number of carbonyl (C=O) groups is 1. The fraction of sp³-hybridized carbons (Fsp3) is 0.375. The van der Waals surface area contributed by atoms with E-state index in [2.05, 4.69) is 43.7 Å². The molecular formula is C16H20N2OS. The van der Waals surface area contributed by atoms with Gasteiger partial charge in [0.15, 0.2) is 0 Å². The van der Waals surface area contributed by atoms with Crippen molar-refractivity contribution < 1.29 is 4.79 Å². The van der Waals surface area contributed by atoms with E-state index < -0.39 is 0 Å². The molecule has 0 fully saturated rings. The van der Waals surface area contributed by atoms with Crippen molar-refractivity contribution in [3.63, 3.8) is 0 Å². The first kappa shape index (κ1) is 14.9. The highest BCUT2D eigenvalue weighted by atomic mass is 32.1. The molecule has 2 rings (SSSR count). The van der Waals surface area contributed by atoms with Gasteiger partial charge in [-0.3, -0.25) is 9.78 Å². The largest absolute Gasteiger partial charge is 0.352 e. The predicted octanol–water partition coefficient (Wildman–Crippen LogP) is 3.69. The first-order valence-corrected chi connectivity index (χ1v) is 7.18. The Labute approximate surface area is 125 Å². The third-order valence-electron chi connectivity index (χ3n) is 3.15. The number of aromatic nitrogens is 1. The molecule has 0 radical (unpaired) electrons. The Balaban J connectivity index is 2.21. The summed E-state index contributed by atoms with van der Waals surface area (Å²) in [6.45, 7) is 7.16. The number of hydrogen-bond acceptors (Lipinski definition) is 3. The highest BCUT2D eigenvalue weighted by Gasteiger charge is 2.14. The van der Waals surface area contributed by atoms with Crippen LogP contribution in [0.3, 0.4) is 0 Å². The van der Waals surface area contributed by atoms with Crippen LogP contribution in [0.25, 0.3) is 10.9 Å². The first-order valence-electron chi connectivity index (χ1n) is 6.73. The van der Waals surface area contributed by atoms with E-state index in [4.69, 9.17) is 0 Å². The van der Waals surface area contributed by atoms with Crippen molar-refractivity contribution in [2.45, 2.75) is 32.1 Å². The number of carbonyl (C=O) groups excluding carboxylic acids is 1. The van der Waals surface area contributed by atoms with E-state index in [1.54, 1.807) is 12.3 Å². The molecule has 4 heteroatoms. The van der Waals surface area contributed by atoms with E-state index in [9.17, 15) is 4.79 Å². The standard InChI is InChI=1S/C16H20N2OS/c1-16(2,3)8-10-18-15(19)12-6-7-13(20)14-11(12)5-4-9-17-14/h4-7,9,20H,8,10H2,1-3H3,(H,18,19). The monoisotopic (exact) mass is 288 g/mol. The second kappa shape index (κ2) is 5.83. The average molecular weight is 288 g/mol. The van der Waals surface area contributed by atoms with Crippen molar-refractivity contribution in [2.24, 2.45) is 5.41 Å². The molecule has 1 aromatic carbocycles. The van der Waals surface area contributed by atoms with Crippen LogP contribution in [0.15, 0.2) is 35.4 Å². The van der Waals surface area contributed by atoms with E-state index in [0.717, 1.165) is 22.2 Å². The van der Waals surface area contributed by atoms with Crippen LogP contribution < -0.4 is 5.32 Å². The fourth-order valence-electron chi connectivity index (χ4n) is 2.00. The van der Waals surface area contributed by atoms with Gasteiger partial charge in [-0.25, -0.2) is 0 Å². The molecular weight excluding hydrogens is 268 g/mol. The molecule has 1 amide bonds. The smallest absolute Gasteiger partial charge is 0.251 e. The Bertz CT molecular complexity index is 632. The van der Waals surface area contributed by atoms with Crippen molar-refractivity contribution in [3.05, 3.63) is 36.0 Å². The molecule has 1 N–H and O–H groups in total. The van der Waals surface area contributed by atoms with E-state index in [0.29, 0.717) is 12.1 Å². The van der Waals surface area contributed by atoms with Crippen LogP contribution in [-0.2, 0) is 0 Å². The van der Waals surface area contributed by atoms with Gasteiger partial charge in [-0.1, -0.05) is 26.8 Å². The molecule has 0 bridgehead atoms. The molecule has 106 valence electrons. The van der Waals surface area contributed by atoms with E-state index >= 15 is 0 Å². The van der Waals surface area contributed by atoms with Crippen LogP contribution in [-0.4, -0.2) is 17.4 Å². The molecule has 2 aromatic rings. The van der Waals surface area contributed by atoms with Crippen LogP contribution in [0.4, 0.5) is 0 Å². The zero-order valence-corrected chi connectivity index (χ0v) is 13.0. The van der Waals surface area contributed by atoms with E-state index in [1.165, 1.54) is 0 Å². The summed E-state index contributed by atoms with van der Waals surface area (Å²) in [5.41, 5.74) is 1.63. The number of benzene rings is 1. The molecule has 0 aliphatic heterocycles. The summed E-state index contributed by atoms with van der Waals surface area (Å²) in [6, 6.07) is 7.36. The molecule has 1 aromatic heterocycles. The van der Waals surface area contributed by atoms with Crippen LogP contribution in [0.1, 0.15) is 37.6 Å². The minimum Gasteiger partial charge on any atom is -0.352 e. The van der Waals surface area contributed by atoms with Crippen molar-refractivity contribution in [3.8, 4) is 0 Å². The van der Waals surface area contributed by atoms with Crippen molar-refractivity contribution in [2.75, 3.05) is 6.54 Å². The highest BCUT2D eigenvalue weighted by molar-refractivity contribution is 7.80. The summed E-state index contributed by atoms with van der Waals surface area (Å²) in [5, 5.41) is 3.82. The number of pyridine rings is 1. The lowest BCUT2D eigenvalue weighted by Gasteiger charge is -2.18. The SMILES string of the molecule is CC(C)(C)CCNC(=O)c1ccc(S)c2ncccc12. The lowest BCUT2D eigenvalue weighted by molar-refractivity contribution is 0.0951. The van der Waals surface area contributed by atoms with Gasteiger partial charge in [0.05, 0.1) is 5.52 Å². The molecule has 0 spiro atoms. The fourth-order valence-corrected chi connectivity index (χ4v) is 2.25. The molecule has 3 nitrogen and oxygen atoms in total. The summed E-state index contributed by atoms with van der Waals surface area (Å²) >= 11 is 4.38. The second-order valence-electron chi connectivity index (χ2n) is 6.10. The zero-order chi connectivity index (χ0) is 14.8. The number of nitrogens with zero attached hydrogens (tertiary/aromatic N) is 1. The molecule has 0 unspecified atom stereocenters. The second-order valence-corrected chi connectivity index (χ2v) is 6.58. The van der Waals surface area contributed by atoms with Crippen LogP contribution in [0, 0.1) is 5.41 Å². The zero-order valence-electron chi connectivity index (χ0n) is 12.1. The lowest BCUT2D eigenvalue weighted by atomic mass is 9.92. The maximum Gasteiger partial charge on any atom is 0.251 e. The summed E-state index contributed by atoms with van der Waals surface area (Å²) in [4.78, 5) is 17.4. The topological polar surface area (TPSA) is 42.0 Å². The highest BCUT2D eigenvalue weighted by Crippen LogP contribution is 2.23. The third kappa shape index (κ3) is 3.51. The minimum absolute atomic E-state index is 0.0550. The molecule has 0 aliphatic carbocycles. The molecule has 1 heterocycles. The molecule has 20 heavy (non-hydrogen) atoms.